The number of carbonyl (C=O) groups is 1. The summed E-state index contributed by atoms with van der Waals surface area (Å²) in [5, 5.41) is 7.25. The Morgan fingerprint density at radius 3 is 2.68 bits per heavy atom. The van der Waals surface area contributed by atoms with Gasteiger partial charge < -0.3 is 10.6 Å². The molecule has 1 fully saturated rings. The Balaban J connectivity index is 0.00000162. The first-order valence-corrected chi connectivity index (χ1v) is 6.97. The molecule has 1 aliphatic rings. The molecule has 0 atom stereocenters. The fourth-order valence-electron chi connectivity index (χ4n) is 1.79. The fourth-order valence-corrected chi connectivity index (χ4v) is 2.88. The van der Waals surface area contributed by atoms with Gasteiger partial charge in [0.25, 0.3) is 5.91 Å². The minimum Gasteiger partial charge on any atom is -0.351 e. The van der Waals surface area contributed by atoms with Gasteiger partial charge >= 0.3 is 0 Å². The average molecular weight is 326 g/mol. The predicted octanol–water partition coefficient (Wildman–Crippen LogP) is 2.20. The maximum absolute atomic E-state index is 12.0. The summed E-state index contributed by atoms with van der Waals surface area (Å²) in [6, 6.07) is 0. The molecule has 1 aromatic heterocycles. The minimum atomic E-state index is 0. The number of carbonyl (C=O) groups excluding carboxylic acids is 1. The summed E-state index contributed by atoms with van der Waals surface area (Å²) >= 11 is 1.53. The maximum atomic E-state index is 12.0. The maximum Gasteiger partial charge on any atom is 0.263 e. The van der Waals surface area contributed by atoms with E-state index in [1.807, 2.05) is 6.92 Å². The number of thiazole rings is 1. The number of aryl methyl sites for hydroxylation is 2. The minimum absolute atomic E-state index is 0. The summed E-state index contributed by atoms with van der Waals surface area (Å²) in [6.45, 7) is 6.84. The molecule has 0 bridgehead atoms. The second-order valence-electron chi connectivity index (χ2n) is 4.51. The Hall–Kier alpha value is -0.360. The molecule has 2 rings (SSSR count). The van der Waals surface area contributed by atoms with Gasteiger partial charge in [-0.25, -0.2) is 4.98 Å². The molecule has 0 radical (unpaired) electrons. The van der Waals surface area contributed by atoms with Crippen molar-refractivity contribution >= 4 is 42.1 Å². The van der Waals surface area contributed by atoms with E-state index < -0.39 is 0 Å². The van der Waals surface area contributed by atoms with E-state index >= 15 is 0 Å². The molecule has 1 aliphatic heterocycles. The van der Waals surface area contributed by atoms with Crippen LogP contribution in [0.4, 0.5) is 0 Å². The standard InChI is InChI=1S/C12H19N3OS.2ClH/c1-3-4-10-15-8(2)11(17-10)12(16)14-7-9-5-13-6-9;;/h9,13H,3-7H2,1-2H3,(H,14,16);2*1H. The molecule has 0 saturated carbocycles. The first-order chi connectivity index (χ1) is 8.20. The van der Waals surface area contributed by atoms with Crippen molar-refractivity contribution in [3.05, 3.63) is 15.6 Å². The van der Waals surface area contributed by atoms with E-state index in [0.29, 0.717) is 5.92 Å². The highest BCUT2D eigenvalue weighted by Gasteiger charge is 2.19. The van der Waals surface area contributed by atoms with Crippen LogP contribution in [0.15, 0.2) is 0 Å². The zero-order valence-electron chi connectivity index (χ0n) is 11.2. The van der Waals surface area contributed by atoms with E-state index in [-0.39, 0.29) is 30.7 Å². The van der Waals surface area contributed by atoms with Gasteiger partial charge in [-0.2, -0.15) is 0 Å². The number of aromatic nitrogens is 1. The van der Waals surface area contributed by atoms with E-state index in [2.05, 4.69) is 22.5 Å². The molecule has 0 unspecified atom stereocenters. The zero-order chi connectivity index (χ0) is 12.3. The third kappa shape index (κ3) is 4.91. The lowest BCUT2D eigenvalue weighted by Gasteiger charge is -2.26. The van der Waals surface area contributed by atoms with Gasteiger partial charge in [0.15, 0.2) is 0 Å². The van der Waals surface area contributed by atoms with Gasteiger partial charge in [-0.05, 0) is 19.8 Å². The molecule has 1 saturated heterocycles. The van der Waals surface area contributed by atoms with Crippen LogP contribution in [0.25, 0.3) is 0 Å². The highest BCUT2D eigenvalue weighted by Crippen LogP contribution is 2.19. The number of halogens is 2. The van der Waals surface area contributed by atoms with Crippen molar-refractivity contribution < 1.29 is 4.79 Å². The van der Waals surface area contributed by atoms with E-state index in [1.54, 1.807) is 0 Å². The molecule has 0 spiro atoms. The van der Waals surface area contributed by atoms with Gasteiger partial charge in [0.2, 0.25) is 0 Å². The summed E-state index contributed by atoms with van der Waals surface area (Å²) in [5.74, 6) is 0.636. The number of nitrogens with zero attached hydrogens (tertiary/aromatic N) is 1. The van der Waals surface area contributed by atoms with Crippen LogP contribution in [0.1, 0.15) is 33.7 Å². The molecule has 0 aromatic carbocycles. The monoisotopic (exact) mass is 325 g/mol. The molecule has 110 valence electrons. The molecule has 1 aromatic rings. The van der Waals surface area contributed by atoms with Crippen molar-refractivity contribution in [2.45, 2.75) is 26.7 Å². The lowest BCUT2D eigenvalue weighted by molar-refractivity contribution is 0.0945. The van der Waals surface area contributed by atoms with Crippen molar-refractivity contribution in [2.75, 3.05) is 19.6 Å². The van der Waals surface area contributed by atoms with Crippen LogP contribution >= 0.6 is 36.2 Å². The summed E-state index contributed by atoms with van der Waals surface area (Å²) in [4.78, 5) is 17.2. The van der Waals surface area contributed by atoms with Gasteiger partial charge in [0.1, 0.15) is 4.88 Å². The van der Waals surface area contributed by atoms with E-state index in [0.717, 1.165) is 48.1 Å². The fraction of sp³-hybridized carbons (Fsp3) is 0.667. The van der Waals surface area contributed by atoms with Crippen LogP contribution in [-0.4, -0.2) is 30.5 Å². The SMILES string of the molecule is CCCc1nc(C)c(C(=O)NCC2CNC2)s1.Cl.Cl. The summed E-state index contributed by atoms with van der Waals surface area (Å²) < 4.78 is 0. The Kier molecular flexibility index (Phi) is 8.57. The first kappa shape index (κ1) is 18.6. The Bertz CT molecular complexity index is 408. The van der Waals surface area contributed by atoms with Gasteiger partial charge in [-0.1, -0.05) is 6.92 Å². The van der Waals surface area contributed by atoms with E-state index in [4.69, 9.17) is 0 Å². The Labute approximate surface area is 130 Å². The normalized spacial score (nSPS) is 14.0. The third-order valence-corrected chi connectivity index (χ3v) is 4.14. The molecule has 2 heterocycles. The number of hydrogen-bond donors (Lipinski definition) is 2. The van der Waals surface area contributed by atoms with Crippen LogP contribution in [0.2, 0.25) is 0 Å². The molecule has 4 nitrogen and oxygen atoms in total. The highest BCUT2D eigenvalue weighted by molar-refractivity contribution is 7.13. The summed E-state index contributed by atoms with van der Waals surface area (Å²) in [5.41, 5.74) is 0.864. The van der Waals surface area contributed by atoms with Gasteiger partial charge in [0.05, 0.1) is 10.7 Å². The van der Waals surface area contributed by atoms with Crippen molar-refractivity contribution in [1.82, 2.24) is 15.6 Å². The predicted molar refractivity (Wildman–Crippen MR) is 84.0 cm³/mol. The number of nitrogens with one attached hydrogen (secondary N) is 2. The second kappa shape index (κ2) is 8.74. The average Bonchev–Trinajstić information content (AvgIpc) is 2.57. The molecular weight excluding hydrogens is 305 g/mol. The molecule has 1 amide bonds. The lowest BCUT2D eigenvalue weighted by Crippen LogP contribution is -2.48. The number of rotatable bonds is 5. The van der Waals surface area contributed by atoms with Gasteiger partial charge in [0, 0.05) is 25.6 Å². The van der Waals surface area contributed by atoms with Crippen molar-refractivity contribution in [3.8, 4) is 0 Å². The summed E-state index contributed by atoms with van der Waals surface area (Å²) in [6.07, 6.45) is 2.03. The molecule has 0 aliphatic carbocycles. The molecule has 19 heavy (non-hydrogen) atoms. The van der Waals surface area contributed by atoms with Gasteiger partial charge in [-0.3, -0.25) is 4.79 Å². The number of hydrogen-bond acceptors (Lipinski definition) is 4. The van der Waals surface area contributed by atoms with Crippen molar-refractivity contribution in [2.24, 2.45) is 5.92 Å². The van der Waals surface area contributed by atoms with Gasteiger partial charge in [-0.15, -0.1) is 36.2 Å². The van der Waals surface area contributed by atoms with Crippen molar-refractivity contribution in [1.29, 1.82) is 0 Å². The van der Waals surface area contributed by atoms with Crippen LogP contribution in [0.3, 0.4) is 0 Å². The van der Waals surface area contributed by atoms with E-state index in [1.165, 1.54) is 11.3 Å². The largest absolute Gasteiger partial charge is 0.351 e. The Morgan fingerprint density at radius 2 is 2.16 bits per heavy atom. The zero-order valence-corrected chi connectivity index (χ0v) is 13.6. The van der Waals surface area contributed by atoms with Crippen LogP contribution in [-0.2, 0) is 6.42 Å². The summed E-state index contributed by atoms with van der Waals surface area (Å²) in [7, 11) is 0. The lowest BCUT2D eigenvalue weighted by atomic mass is 10.0. The third-order valence-electron chi connectivity index (χ3n) is 2.93. The first-order valence-electron chi connectivity index (χ1n) is 6.16. The quantitative estimate of drug-likeness (QED) is 0.872. The highest BCUT2D eigenvalue weighted by atomic mass is 35.5. The topological polar surface area (TPSA) is 54.0 Å². The number of amides is 1. The van der Waals surface area contributed by atoms with Crippen LogP contribution in [0, 0.1) is 12.8 Å². The molecular formula is C12H21Cl2N3OS. The van der Waals surface area contributed by atoms with Crippen molar-refractivity contribution in [3.63, 3.8) is 0 Å². The second-order valence-corrected chi connectivity index (χ2v) is 5.59. The smallest absolute Gasteiger partial charge is 0.263 e. The van der Waals surface area contributed by atoms with E-state index in [9.17, 15) is 4.79 Å². The molecule has 7 heteroatoms. The van der Waals surface area contributed by atoms with Crippen LogP contribution in [0.5, 0.6) is 0 Å². The Morgan fingerprint density at radius 1 is 1.47 bits per heavy atom. The molecule has 2 N–H and O–H groups in total. The van der Waals surface area contributed by atoms with Crippen LogP contribution < -0.4 is 10.6 Å².